The average molecular weight is 316 g/mol. The maximum absolute atomic E-state index is 12.7. The van der Waals surface area contributed by atoms with Crippen LogP contribution in [0.5, 0.6) is 0 Å². The molecule has 0 aliphatic carbocycles. The minimum absolute atomic E-state index is 0.181. The predicted molar refractivity (Wildman–Crippen MR) is 87.6 cm³/mol. The topological polar surface area (TPSA) is 26.3 Å². The lowest BCUT2D eigenvalue weighted by Crippen LogP contribution is -2.29. The van der Waals surface area contributed by atoms with Crippen molar-refractivity contribution in [2.45, 2.75) is 27.7 Å². The minimum atomic E-state index is -0.729. The van der Waals surface area contributed by atoms with E-state index >= 15 is 0 Å². The van der Waals surface area contributed by atoms with E-state index in [0.29, 0.717) is 6.61 Å². The molecule has 1 aliphatic rings. The average Bonchev–Trinajstić information content (AvgIpc) is 2.88. The van der Waals surface area contributed by atoms with Crippen molar-refractivity contribution in [3.8, 4) is 0 Å². The molecule has 0 N–H and O–H groups in total. The molecule has 21 heavy (non-hydrogen) atoms. The molecular weight excluding hydrogens is 300 g/mol. The third kappa shape index (κ3) is 2.58. The van der Waals surface area contributed by atoms with E-state index in [0.717, 1.165) is 15.4 Å². The zero-order chi connectivity index (χ0) is 14.9. The lowest BCUT2D eigenvalue weighted by atomic mass is 10.1. The zero-order valence-corrected chi connectivity index (χ0v) is 13.6. The van der Waals surface area contributed by atoms with Gasteiger partial charge < -0.3 is 4.74 Å². The molecule has 108 valence electrons. The van der Waals surface area contributed by atoms with Crippen LogP contribution in [0.25, 0.3) is 0 Å². The Morgan fingerprint density at radius 3 is 2.52 bits per heavy atom. The molecule has 2 nitrogen and oxygen atoms in total. The van der Waals surface area contributed by atoms with Gasteiger partial charge in [0.05, 0.1) is 6.61 Å². The Labute approximate surface area is 133 Å². The molecule has 0 bridgehead atoms. The van der Waals surface area contributed by atoms with E-state index in [1.807, 2.05) is 37.3 Å². The van der Waals surface area contributed by atoms with Gasteiger partial charge in [-0.05, 0) is 37.1 Å². The quantitative estimate of drug-likeness (QED) is 0.773. The van der Waals surface area contributed by atoms with Crippen LogP contribution in [0.2, 0.25) is 0 Å². The van der Waals surface area contributed by atoms with Crippen molar-refractivity contribution in [1.82, 2.24) is 0 Å². The van der Waals surface area contributed by atoms with Gasteiger partial charge in [-0.3, -0.25) is 0 Å². The molecule has 1 atom stereocenters. The molecule has 0 saturated carbocycles. The van der Waals surface area contributed by atoms with Gasteiger partial charge in [0.25, 0.3) is 0 Å². The van der Waals surface area contributed by atoms with Crippen LogP contribution in [-0.2, 0) is 13.6 Å². The van der Waals surface area contributed by atoms with Crippen LogP contribution in [0, 0.1) is 6.92 Å². The van der Waals surface area contributed by atoms with Crippen LogP contribution in [0.4, 0.5) is 0 Å². The Kier molecular flexibility index (Phi) is 4.00. The summed E-state index contributed by atoms with van der Waals surface area (Å²) < 4.78 is 4.64. The molecular formula is C17H16O2S2. The highest BCUT2D eigenvalue weighted by molar-refractivity contribution is 8.21. The molecule has 0 spiro atoms. The van der Waals surface area contributed by atoms with Gasteiger partial charge in [0.1, 0.15) is 0 Å². The van der Waals surface area contributed by atoms with Gasteiger partial charge in [0.2, 0.25) is 0 Å². The largest absolute Gasteiger partial charge is 0.464 e. The summed E-state index contributed by atoms with van der Waals surface area (Å²) in [6.45, 7) is 4.31. The van der Waals surface area contributed by atoms with Gasteiger partial charge in [-0.15, -0.1) is 0 Å². The van der Waals surface area contributed by atoms with Gasteiger partial charge in [-0.25, -0.2) is 4.79 Å². The van der Waals surface area contributed by atoms with Crippen molar-refractivity contribution in [3.63, 3.8) is 0 Å². The van der Waals surface area contributed by atoms with Crippen molar-refractivity contribution >= 4 is 29.5 Å². The second-order valence-electron chi connectivity index (χ2n) is 4.86. The maximum atomic E-state index is 12.7. The van der Waals surface area contributed by atoms with Crippen LogP contribution in [0.3, 0.4) is 0 Å². The van der Waals surface area contributed by atoms with Gasteiger partial charge in [-0.2, -0.15) is 0 Å². The molecule has 0 fully saturated rings. The molecule has 3 rings (SSSR count). The first-order valence-electron chi connectivity index (χ1n) is 6.87. The van der Waals surface area contributed by atoms with Crippen molar-refractivity contribution in [2.75, 3.05) is 6.61 Å². The monoisotopic (exact) mass is 316 g/mol. The number of hydrogen-bond donors (Lipinski definition) is 0. The first kappa shape index (κ1) is 14.5. The van der Waals surface area contributed by atoms with Gasteiger partial charge in [0, 0.05) is 9.79 Å². The van der Waals surface area contributed by atoms with E-state index in [1.54, 1.807) is 23.5 Å². The highest BCUT2D eigenvalue weighted by Crippen LogP contribution is 2.61. The SMILES string of the molecule is CCOC(=O)C1(c2ccccc2)Sc2ccc(C)cc2S1. The molecule has 1 aliphatic heterocycles. The smallest absolute Gasteiger partial charge is 0.337 e. The van der Waals surface area contributed by atoms with Crippen molar-refractivity contribution in [1.29, 1.82) is 0 Å². The summed E-state index contributed by atoms with van der Waals surface area (Å²) in [6.07, 6.45) is 0. The number of ether oxygens (including phenoxy) is 1. The van der Waals surface area contributed by atoms with Gasteiger partial charge in [0.15, 0.2) is 4.08 Å². The summed E-state index contributed by atoms with van der Waals surface area (Å²) in [5.41, 5.74) is 2.18. The lowest BCUT2D eigenvalue weighted by molar-refractivity contribution is -0.143. The highest BCUT2D eigenvalue weighted by Gasteiger charge is 2.49. The number of carbonyl (C=O) groups excluding carboxylic acids is 1. The number of benzene rings is 2. The summed E-state index contributed by atoms with van der Waals surface area (Å²) in [4.78, 5) is 14.9. The third-order valence-corrected chi connectivity index (χ3v) is 6.45. The lowest BCUT2D eigenvalue weighted by Gasteiger charge is -2.25. The minimum Gasteiger partial charge on any atom is -0.464 e. The van der Waals surface area contributed by atoms with E-state index in [4.69, 9.17) is 4.74 Å². The fourth-order valence-electron chi connectivity index (χ4n) is 2.31. The number of rotatable bonds is 3. The Bertz CT molecular complexity index is 670. The molecule has 2 aromatic carbocycles. The summed E-state index contributed by atoms with van der Waals surface area (Å²) in [5.74, 6) is -0.181. The maximum Gasteiger partial charge on any atom is 0.337 e. The summed E-state index contributed by atoms with van der Waals surface area (Å²) in [6, 6.07) is 16.2. The normalized spacial score (nSPS) is 20.1. The molecule has 0 aromatic heterocycles. The summed E-state index contributed by atoms with van der Waals surface area (Å²) in [5, 5.41) is 0. The first-order valence-corrected chi connectivity index (χ1v) is 8.50. The van der Waals surface area contributed by atoms with Crippen LogP contribution >= 0.6 is 23.5 Å². The third-order valence-electron chi connectivity index (χ3n) is 3.30. The zero-order valence-electron chi connectivity index (χ0n) is 12.0. The van der Waals surface area contributed by atoms with Crippen LogP contribution < -0.4 is 0 Å². The Balaban J connectivity index is 2.07. The number of thioether (sulfide) groups is 2. The molecule has 4 heteroatoms. The van der Waals surface area contributed by atoms with Crippen LogP contribution in [-0.4, -0.2) is 12.6 Å². The second-order valence-corrected chi connectivity index (χ2v) is 7.63. The van der Waals surface area contributed by atoms with Crippen molar-refractivity contribution in [2.24, 2.45) is 0 Å². The fourth-order valence-corrected chi connectivity index (χ4v) is 5.39. The van der Waals surface area contributed by atoms with Gasteiger partial charge in [-0.1, -0.05) is 59.9 Å². The van der Waals surface area contributed by atoms with Crippen molar-refractivity contribution < 1.29 is 9.53 Å². The molecule has 1 unspecified atom stereocenters. The number of fused-ring (bicyclic) bond motifs is 1. The van der Waals surface area contributed by atoms with Gasteiger partial charge >= 0.3 is 5.97 Å². The first-order chi connectivity index (χ1) is 10.2. The number of esters is 1. The second kappa shape index (κ2) is 5.78. The number of hydrogen-bond acceptors (Lipinski definition) is 4. The molecule has 2 aromatic rings. The molecule has 0 saturated heterocycles. The van der Waals surface area contributed by atoms with E-state index in [9.17, 15) is 4.79 Å². The Morgan fingerprint density at radius 2 is 1.81 bits per heavy atom. The van der Waals surface area contributed by atoms with Crippen LogP contribution in [0.15, 0.2) is 58.3 Å². The Morgan fingerprint density at radius 1 is 1.10 bits per heavy atom. The molecule has 0 amide bonds. The van der Waals surface area contributed by atoms with E-state index in [2.05, 4.69) is 25.1 Å². The molecule has 0 radical (unpaired) electrons. The van der Waals surface area contributed by atoms with E-state index in [-0.39, 0.29) is 5.97 Å². The highest BCUT2D eigenvalue weighted by atomic mass is 32.2. The van der Waals surface area contributed by atoms with E-state index in [1.165, 1.54) is 5.56 Å². The predicted octanol–water partition coefficient (Wildman–Crippen LogP) is 4.61. The summed E-state index contributed by atoms with van der Waals surface area (Å²) >= 11 is 3.17. The fraction of sp³-hybridized carbons (Fsp3) is 0.235. The Hall–Kier alpha value is -1.39. The number of carbonyl (C=O) groups is 1. The van der Waals surface area contributed by atoms with Crippen LogP contribution in [0.1, 0.15) is 18.1 Å². The standard InChI is InChI=1S/C17H16O2S2/c1-3-19-16(18)17(13-7-5-4-6-8-13)20-14-10-9-12(2)11-15(14)21-17/h4-11H,3H2,1-2H3. The summed E-state index contributed by atoms with van der Waals surface area (Å²) in [7, 11) is 0. The number of aryl methyl sites for hydroxylation is 1. The van der Waals surface area contributed by atoms with Crippen molar-refractivity contribution in [3.05, 3.63) is 59.7 Å². The molecule has 1 heterocycles. The van der Waals surface area contributed by atoms with E-state index < -0.39 is 4.08 Å².